The molecule has 22 heavy (non-hydrogen) atoms. The molecule has 1 rings (SSSR count). The van der Waals surface area contributed by atoms with Gasteiger partial charge in [-0.05, 0) is 44.4 Å². The highest BCUT2D eigenvalue weighted by Gasteiger charge is 2.33. The molecule has 1 aromatic rings. The molecule has 0 unspecified atom stereocenters. The summed E-state index contributed by atoms with van der Waals surface area (Å²) < 4.78 is 10.8. The van der Waals surface area contributed by atoms with E-state index < -0.39 is 5.60 Å². The van der Waals surface area contributed by atoms with Crippen LogP contribution in [-0.2, 0) is 9.53 Å². The van der Waals surface area contributed by atoms with Crippen molar-refractivity contribution in [3.8, 4) is 11.8 Å². The van der Waals surface area contributed by atoms with Crippen molar-refractivity contribution in [1.82, 2.24) is 0 Å². The largest absolute Gasteiger partial charge is 0.492 e. The summed E-state index contributed by atoms with van der Waals surface area (Å²) in [5, 5.41) is 12.0. The van der Waals surface area contributed by atoms with E-state index in [0.29, 0.717) is 35.9 Å². The number of rotatable bonds is 7. The number of anilines is 1. The van der Waals surface area contributed by atoms with Gasteiger partial charge < -0.3 is 14.8 Å². The first-order valence-electron chi connectivity index (χ1n) is 7.39. The van der Waals surface area contributed by atoms with Crippen molar-refractivity contribution in [1.29, 1.82) is 5.26 Å². The van der Waals surface area contributed by atoms with E-state index >= 15 is 0 Å². The van der Waals surface area contributed by atoms with Crippen LogP contribution in [0.4, 0.5) is 5.69 Å². The molecule has 0 bridgehead atoms. The average Bonchev–Trinajstić information content (AvgIpc) is 2.48. The van der Waals surface area contributed by atoms with Gasteiger partial charge >= 0.3 is 0 Å². The molecule has 1 atom stereocenters. The van der Waals surface area contributed by atoms with Crippen LogP contribution < -0.4 is 10.1 Å². The van der Waals surface area contributed by atoms with Gasteiger partial charge in [-0.25, -0.2) is 0 Å². The third-order valence-corrected chi connectivity index (χ3v) is 3.39. The Hall–Kier alpha value is -2.06. The van der Waals surface area contributed by atoms with E-state index in [4.69, 9.17) is 14.7 Å². The normalized spacial score (nSPS) is 13.3. The zero-order valence-corrected chi connectivity index (χ0v) is 13.9. The summed E-state index contributed by atoms with van der Waals surface area (Å²) in [5.74, 6) is 0.613. The van der Waals surface area contributed by atoms with Crippen LogP contribution in [0.25, 0.3) is 0 Å². The van der Waals surface area contributed by atoms with Crippen LogP contribution in [0.5, 0.6) is 5.75 Å². The summed E-state index contributed by atoms with van der Waals surface area (Å²) in [5.41, 5.74) is 0.0409. The lowest BCUT2D eigenvalue weighted by molar-refractivity contribution is -0.137. The summed E-state index contributed by atoms with van der Waals surface area (Å²) in [4.78, 5) is 12.5. The third-order valence-electron chi connectivity index (χ3n) is 3.39. The number of hydrogen-bond donors (Lipinski definition) is 1. The van der Waals surface area contributed by atoms with E-state index in [1.165, 1.54) is 7.11 Å². The Morgan fingerprint density at radius 1 is 1.45 bits per heavy atom. The Morgan fingerprint density at radius 3 is 2.64 bits per heavy atom. The van der Waals surface area contributed by atoms with Crippen molar-refractivity contribution >= 4 is 11.6 Å². The fourth-order valence-electron chi connectivity index (χ4n) is 2.29. The number of methoxy groups -OCH3 is 1. The lowest BCUT2D eigenvalue weighted by atomic mass is 9.93. The molecule has 5 nitrogen and oxygen atoms in total. The van der Waals surface area contributed by atoms with Gasteiger partial charge in [-0.1, -0.05) is 13.8 Å². The summed E-state index contributed by atoms with van der Waals surface area (Å²) in [7, 11) is 1.53. The molecule has 0 aliphatic rings. The zero-order chi connectivity index (χ0) is 16.8. The molecule has 0 aliphatic heterocycles. The highest BCUT2D eigenvalue weighted by atomic mass is 16.5. The molecule has 1 amide bonds. The minimum atomic E-state index is -0.903. The predicted molar refractivity (Wildman–Crippen MR) is 85.8 cm³/mol. The monoisotopic (exact) mass is 304 g/mol. The molecular formula is C17H24N2O3. The van der Waals surface area contributed by atoms with Crippen molar-refractivity contribution in [3.63, 3.8) is 0 Å². The molecule has 0 aromatic heterocycles. The molecule has 0 heterocycles. The van der Waals surface area contributed by atoms with Crippen LogP contribution in [0, 0.1) is 17.2 Å². The molecule has 1 aromatic carbocycles. The maximum absolute atomic E-state index is 12.5. The number of carbonyl (C=O) groups is 1. The molecule has 0 saturated heterocycles. The quantitative estimate of drug-likeness (QED) is 0.838. The lowest BCUT2D eigenvalue weighted by Crippen LogP contribution is -2.43. The van der Waals surface area contributed by atoms with E-state index in [2.05, 4.69) is 11.4 Å². The second-order valence-electron chi connectivity index (χ2n) is 5.74. The van der Waals surface area contributed by atoms with E-state index in [-0.39, 0.29) is 5.91 Å². The van der Waals surface area contributed by atoms with E-state index in [1.807, 2.05) is 20.8 Å². The lowest BCUT2D eigenvalue weighted by Gasteiger charge is -2.28. The molecule has 120 valence electrons. The van der Waals surface area contributed by atoms with Crippen molar-refractivity contribution in [2.24, 2.45) is 5.92 Å². The van der Waals surface area contributed by atoms with Crippen LogP contribution in [0.15, 0.2) is 18.2 Å². The fourth-order valence-corrected chi connectivity index (χ4v) is 2.29. The number of nitrogens with zero attached hydrogens (tertiary/aromatic N) is 1. The maximum atomic E-state index is 12.5. The fraction of sp³-hybridized carbons (Fsp3) is 0.529. The molecule has 1 N–H and O–H groups in total. The first kappa shape index (κ1) is 18.0. The number of benzene rings is 1. The van der Waals surface area contributed by atoms with Crippen LogP contribution in [0.1, 0.15) is 39.7 Å². The molecule has 5 heteroatoms. The minimum absolute atomic E-state index is 0.225. The van der Waals surface area contributed by atoms with Gasteiger partial charge in [-0.3, -0.25) is 4.79 Å². The van der Waals surface area contributed by atoms with Crippen LogP contribution >= 0.6 is 0 Å². The number of amides is 1. The maximum Gasteiger partial charge on any atom is 0.256 e. The van der Waals surface area contributed by atoms with Crippen LogP contribution in [-0.4, -0.2) is 25.2 Å². The van der Waals surface area contributed by atoms with Gasteiger partial charge in [0.15, 0.2) is 0 Å². The van der Waals surface area contributed by atoms with E-state index in [1.54, 1.807) is 25.1 Å². The molecule has 0 spiro atoms. The van der Waals surface area contributed by atoms with Gasteiger partial charge in [0.2, 0.25) is 0 Å². The van der Waals surface area contributed by atoms with Gasteiger partial charge in [0.1, 0.15) is 17.4 Å². The molecule has 0 fully saturated rings. The van der Waals surface area contributed by atoms with Gasteiger partial charge in [0.25, 0.3) is 5.91 Å². The topological polar surface area (TPSA) is 71.3 Å². The molecular weight excluding hydrogens is 280 g/mol. The third kappa shape index (κ3) is 4.47. The molecule has 0 aliphatic carbocycles. The zero-order valence-electron chi connectivity index (χ0n) is 13.9. The Balaban J connectivity index is 2.94. The Labute approximate surface area is 132 Å². The highest BCUT2D eigenvalue weighted by Crippen LogP contribution is 2.25. The number of carbonyl (C=O) groups excluding carboxylic acids is 1. The standard InChI is InChI=1S/C17H24N2O3/c1-6-22-15-8-7-14(9-13(15)11-18)19-16(20)17(4,21-5)10-12(2)3/h7-9,12H,6,10H2,1-5H3,(H,19,20)/t17-/m0/s1. The predicted octanol–water partition coefficient (Wildman–Crippen LogP) is 3.35. The summed E-state index contributed by atoms with van der Waals surface area (Å²) in [6.45, 7) is 8.18. The Morgan fingerprint density at radius 2 is 2.14 bits per heavy atom. The van der Waals surface area contributed by atoms with Gasteiger partial charge in [-0.2, -0.15) is 5.26 Å². The molecule has 0 saturated carbocycles. The number of ether oxygens (including phenoxy) is 2. The number of nitrogens with one attached hydrogen (secondary N) is 1. The van der Waals surface area contributed by atoms with Crippen LogP contribution in [0.3, 0.4) is 0 Å². The van der Waals surface area contributed by atoms with E-state index in [9.17, 15) is 4.79 Å². The van der Waals surface area contributed by atoms with Gasteiger partial charge in [-0.15, -0.1) is 0 Å². The smallest absolute Gasteiger partial charge is 0.256 e. The summed E-state index contributed by atoms with van der Waals surface area (Å²) in [6, 6.07) is 7.08. The molecule has 0 radical (unpaired) electrons. The van der Waals surface area contributed by atoms with Crippen molar-refractivity contribution < 1.29 is 14.3 Å². The number of hydrogen-bond acceptors (Lipinski definition) is 4. The minimum Gasteiger partial charge on any atom is -0.492 e. The average molecular weight is 304 g/mol. The Bertz CT molecular complexity index is 564. The SMILES string of the molecule is CCOc1ccc(NC(=O)[C@](C)(CC(C)C)OC)cc1C#N. The van der Waals surface area contributed by atoms with Gasteiger partial charge in [0.05, 0.1) is 12.2 Å². The van der Waals surface area contributed by atoms with Crippen molar-refractivity contribution in [2.45, 2.75) is 39.7 Å². The number of nitriles is 1. The summed E-state index contributed by atoms with van der Waals surface area (Å²) >= 11 is 0. The first-order chi connectivity index (χ1) is 10.4. The summed E-state index contributed by atoms with van der Waals surface area (Å²) in [6.07, 6.45) is 0.609. The first-order valence-corrected chi connectivity index (χ1v) is 7.39. The second kappa shape index (κ2) is 7.81. The highest BCUT2D eigenvalue weighted by molar-refractivity contribution is 5.97. The Kier molecular flexibility index (Phi) is 6.39. The second-order valence-corrected chi connectivity index (χ2v) is 5.74. The van der Waals surface area contributed by atoms with Gasteiger partial charge in [0, 0.05) is 12.8 Å². The van der Waals surface area contributed by atoms with E-state index in [0.717, 1.165) is 0 Å². The van der Waals surface area contributed by atoms with Crippen molar-refractivity contribution in [2.75, 3.05) is 19.0 Å². The van der Waals surface area contributed by atoms with Crippen molar-refractivity contribution in [3.05, 3.63) is 23.8 Å². The van der Waals surface area contributed by atoms with Crippen LogP contribution in [0.2, 0.25) is 0 Å².